The van der Waals surface area contributed by atoms with Crippen molar-refractivity contribution < 1.29 is 19.1 Å². The van der Waals surface area contributed by atoms with Crippen molar-refractivity contribution in [3.63, 3.8) is 0 Å². The van der Waals surface area contributed by atoms with E-state index >= 15 is 0 Å². The number of nitrogens with one attached hydrogen (secondary N) is 1. The van der Waals surface area contributed by atoms with Gasteiger partial charge >= 0.3 is 6.03 Å². The standard InChI is InChI=1S/C26H27N5O4S/c1-15-16(2)36-21-13-30(8-9-35-23(15)21)22(32)14-31-24(33)26(28-25(31)34)7-6-18-10-17(4-5-20(18)26)19-11-27-29(3)12-19/h4-5,10-12H,6-9,13-14H2,1-3H3,(H,28,34)/t26-/m1/s1. The molecule has 1 fully saturated rings. The minimum atomic E-state index is -1.11. The minimum absolute atomic E-state index is 0.263. The van der Waals surface area contributed by atoms with Crippen LogP contribution in [0, 0.1) is 13.8 Å². The molecule has 4 heterocycles. The minimum Gasteiger partial charge on any atom is -0.490 e. The highest BCUT2D eigenvalue weighted by Gasteiger charge is 2.55. The molecule has 6 rings (SSSR count). The highest BCUT2D eigenvalue weighted by Crippen LogP contribution is 2.43. The van der Waals surface area contributed by atoms with Gasteiger partial charge in [0.1, 0.15) is 24.4 Å². The summed E-state index contributed by atoms with van der Waals surface area (Å²) in [6.07, 6.45) is 4.89. The summed E-state index contributed by atoms with van der Waals surface area (Å²) >= 11 is 1.62. The Hall–Kier alpha value is -3.66. The lowest BCUT2D eigenvalue weighted by Crippen LogP contribution is -2.45. The van der Waals surface area contributed by atoms with Crippen LogP contribution < -0.4 is 10.1 Å². The molecule has 0 saturated carbocycles. The van der Waals surface area contributed by atoms with E-state index in [-0.39, 0.29) is 18.4 Å². The lowest BCUT2D eigenvalue weighted by atomic mass is 9.90. The maximum absolute atomic E-state index is 13.6. The molecule has 1 atom stereocenters. The number of carbonyl (C=O) groups excluding carboxylic acids is 3. The fourth-order valence-electron chi connectivity index (χ4n) is 5.47. The first-order chi connectivity index (χ1) is 17.3. The summed E-state index contributed by atoms with van der Waals surface area (Å²) in [4.78, 5) is 44.8. The summed E-state index contributed by atoms with van der Waals surface area (Å²) in [6.45, 7) is 4.99. The first-order valence-electron chi connectivity index (χ1n) is 12.0. The average Bonchev–Trinajstić information content (AvgIpc) is 3.53. The van der Waals surface area contributed by atoms with Crippen LogP contribution in [-0.2, 0) is 35.1 Å². The number of hydrogen-bond acceptors (Lipinski definition) is 6. The van der Waals surface area contributed by atoms with Crippen molar-refractivity contribution in [3.05, 3.63) is 57.0 Å². The summed E-state index contributed by atoms with van der Waals surface area (Å²) in [5.74, 6) is 0.235. The topological polar surface area (TPSA) is 96.8 Å². The van der Waals surface area contributed by atoms with E-state index in [9.17, 15) is 14.4 Å². The van der Waals surface area contributed by atoms with Crippen LogP contribution in [0.2, 0.25) is 0 Å². The largest absolute Gasteiger partial charge is 0.490 e. The number of carbonyl (C=O) groups is 3. The fourth-order valence-corrected chi connectivity index (χ4v) is 6.61. The molecule has 2 aromatic heterocycles. The molecule has 1 aromatic carbocycles. The first kappa shape index (κ1) is 22.8. The van der Waals surface area contributed by atoms with Crippen LogP contribution in [0.25, 0.3) is 11.1 Å². The van der Waals surface area contributed by atoms with E-state index in [2.05, 4.69) is 16.5 Å². The second-order valence-electron chi connectivity index (χ2n) is 9.70. The molecule has 0 radical (unpaired) electrons. The zero-order chi connectivity index (χ0) is 25.2. The molecule has 0 unspecified atom stereocenters. The third kappa shape index (κ3) is 3.42. The highest BCUT2D eigenvalue weighted by molar-refractivity contribution is 7.12. The number of rotatable bonds is 3. The molecule has 3 aliphatic rings. The van der Waals surface area contributed by atoms with Gasteiger partial charge in [0.15, 0.2) is 0 Å². The second kappa shape index (κ2) is 8.19. The lowest BCUT2D eigenvalue weighted by Gasteiger charge is -2.24. The van der Waals surface area contributed by atoms with E-state index in [1.807, 2.05) is 39.2 Å². The van der Waals surface area contributed by atoms with Gasteiger partial charge in [-0.1, -0.05) is 18.2 Å². The number of aromatic nitrogens is 2. The van der Waals surface area contributed by atoms with Gasteiger partial charge in [-0.15, -0.1) is 11.3 Å². The van der Waals surface area contributed by atoms with Gasteiger partial charge in [-0.2, -0.15) is 5.10 Å². The molecule has 1 spiro atoms. The van der Waals surface area contributed by atoms with Crippen molar-refractivity contribution in [2.75, 3.05) is 19.7 Å². The van der Waals surface area contributed by atoms with Gasteiger partial charge < -0.3 is 15.0 Å². The van der Waals surface area contributed by atoms with Gasteiger partial charge in [0.25, 0.3) is 5.91 Å². The zero-order valence-corrected chi connectivity index (χ0v) is 21.3. The number of benzene rings is 1. The predicted molar refractivity (Wildman–Crippen MR) is 134 cm³/mol. The summed E-state index contributed by atoms with van der Waals surface area (Å²) in [5.41, 5.74) is 3.84. The molecule has 1 aliphatic carbocycles. The number of imide groups is 1. The molecule has 2 aliphatic heterocycles. The van der Waals surface area contributed by atoms with Crippen LogP contribution in [-0.4, -0.2) is 57.1 Å². The Morgan fingerprint density at radius 2 is 2.08 bits per heavy atom. The zero-order valence-electron chi connectivity index (χ0n) is 20.5. The smallest absolute Gasteiger partial charge is 0.325 e. The Labute approximate surface area is 212 Å². The second-order valence-corrected chi connectivity index (χ2v) is 11.0. The van der Waals surface area contributed by atoms with Crippen molar-refractivity contribution in [2.45, 2.75) is 38.8 Å². The first-order valence-corrected chi connectivity index (χ1v) is 12.8. The number of aryl methyl sites for hydroxylation is 3. The summed E-state index contributed by atoms with van der Waals surface area (Å²) in [7, 11) is 1.87. The van der Waals surface area contributed by atoms with E-state index in [1.54, 1.807) is 27.1 Å². The SMILES string of the molecule is Cc1sc2c(c1C)OCCN(C(=O)CN1C(=O)N[C@@]3(CCc4cc(-c5cnn(C)c5)ccc43)C1=O)C2. The number of urea groups is 1. The van der Waals surface area contributed by atoms with Crippen LogP contribution in [0.1, 0.15) is 32.9 Å². The molecule has 1 N–H and O–H groups in total. The van der Waals surface area contributed by atoms with Crippen LogP contribution in [0.15, 0.2) is 30.6 Å². The van der Waals surface area contributed by atoms with E-state index in [0.717, 1.165) is 48.2 Å². The van der Waals surface area contributed by atoms with Gasteiger partial charge in [-0.05, 0) is 43.4 Å². The quantitative estimate of drug-likeness (QED) is 0.552. The number of amides is 4. The Morgan fingerprint density at radius 3 is 2.86 bits per heavy atom. The van der Waals surface area contributed by atoms with E-state index in [1.165, 1.54) is 0 Å². The van der Waals surface area contributed by atoms with Crippen molar-refractivity contribution in [1.29, 1.82) is 0 Å². The molecule has 9 nitrogen and oxygen atoms in total. The van der Waals surface area contributed by atoms with Crippen molar-refractivity contribution >= 4 is 29.2 Å². The third-order valence-corrected chi connectivity index (χ3v) is 8.71. The Balaban J connectivity index is 1.22. The van der Waals surface area contributed by atoms with Crippen LogP contribution in [0.4, 0.5) is 4.79 Å². The molecular formula is C26H27N5O4S. The predicted octanol–water partition coefficient (Wildman–Crippen LogP) is 2.88. The molecular weight excluding hydrogens is 478 g/mol. The third-order valence-electron chi connectivity index (χ3n) is 7.53. The van der Waals surface area contributed by atoms with Crippen LogP contribution >= 0.6 is 11.3 Å². The monoisotopic (exact) mass is 505 g/mol. The summed E-state index contributed by atoms with van der Waals surface area (Å²) in [6, 6.07) is 5.42. The number of nitrogens with zero attached hydrogens (tertiary/aromatic N) is 4. The molecule has 0 bridgehead atoms. The van der Waals surface area contributed by atoms with E-state index in [0.29, 0.717) is 32.5 Å². The van der Waals surface area contributed by atoms with Gasteiger partial charge in [-0.25, -0.2) is 4.79 Å². The molecule has 4 amide bonds. The number of hydrogen-bond donors (Lipinski definition) is 1. The fraction of sp³-hybridized carbons (Fsp3) is 0.385. The molecule has 3 aromatic rings. The Kier molecular flexibility index (Phi) is 5.18. The maximum atomic E-state index is 13.6. The van der Waals surface area contributed by atoms with Crippen LogP contribution in [0.5, 0.6) is 5.75 Å². The van der Waals surface area contributed by atoms with E-state index < -0.39 is 11.6 Å². The average molecular weight is 506 g/mol. The number of thiophene rings is 1. The molecule has 186 valence electrons. The van der Waals surface area contributed by atoms with Crippen molar-refractivity contribution in [1.82, 2.24) is 24.9 Å². The summed E-state index contributed by atoms with van der Waals surface area (Å²) < 4.78 is 7.65. The summed E-state index contributed by atoms with van der Waals surface area (Å²) in [5, 5.41) is 7.16. The number of ether oxygens (including phenoxy) is 1. The van der Waals surface area contributed by atoms with Gasteiger partial charge in [0.2, 0.25) is 5.91 Å². The lowest BCUT2D eigenvalue weighted by molar-refractivity contribution is -0.139. The van der Waals surface area contributed by atoms with Gasteiger partial charge in [-0.3, -0.25) is 19.2 Å². The normalized spacial score (nSPS) is 20.9. The van der Waals surface area contributed by atoms with Crippen molar-refractivity contribution in [2.24, 2.45) is 7.05 Å². The van der Waals surface area contributed by atoms with Crippen molar-refractivity contribution in [3.8, 4) is 16.9 Å². The Morgan fingerprint density at radius 1 is 1.25 bits per heavy atom. The van der Waals surface area contributed by atoms with Gasteiger partial charge in [0, 0.05) is 29.2 Å². The molecule has 1 saturated heterocycles. The van der Waals surface area contributed by atoms with Crippen LogP contribution in [0.3, 0.4) is 0 Å². The number of fused-ring (bicyclic) bond motifs is 3. The maximum Gasteiger partial charge on any atom is 0.325 e. The molecule has 36 heavy (non-hydrogen) atoms. The Bertz CT molecular complexity index is 1430. The van der Waals surface area contributed by atoms with E-state index in [4.69, 9.17) is 4.74 Å². The molecule has 10 heteroatoms. The van der Waals surface area contributed by atoms with Gasteiger partial charge in [0.05, 0.1) is 24.2 Å². The highest BCUT2D eigenvalue weighted by atomic mass is 32.1.